The molecule has 2 amide bonds. The largest absolute Gasteiger partial charge is 0.330 e. The van der Waals surface area contributed by atoms with Crippen molar-refractivity contribution in [3.05, 3.63) is 55.7 Å². The highest BCUT2D eigenvalue weighted by molar-refractivity contribution is 7.10. The molecule has 8 heteroatoms. The van der Waals surface area contributed by atoms with Crippen molar-refractivity contribution < 1.29 is 9.59 Å². The van der Waals surface area contributed by atoms with Gasteiger partial charge in [0.25, 0.3) is 0 Å². The van der Waals surface area contributed by atoms with Crippen molar-refractivity contribution in [1.82, 2.24) is 9.80 Å². The number of hydrogen-bond donors (Lipinski definition) is 0. The second kappa shape index (κ2) is 8.93. The van der Waals surface area contributed by atoms with E-state index in [0.29, 0.717) is 16.6 Å². The van der Waals surface area contributed by atoms with Crippen LogP contribution in [0.15, 0.2) is 29.6 Å². The number of halogens is 3. The number of thiophene rings is 1. The molecule has 166 valence electrons. The Morgan fingerprint density at radius 2 is 1.94 bits per heavy atom. The number of benzene rings is 1. The number of rotatable bonds is 6. The number of carbonyl (C=O) groups excluding carboxylic acids is 2. The standard InChI is InChI=1S/C23H25Cl3N2O2S/c1-23(2,13-24)22(30)28(15-4-5-15)12-20(29)27-9-7-19-17(8-10-31-19)21(27)16-6-3-14(25)11-18(16)26/h3,6,8,10-11,15,21H,4-5,7,9,12-13H2,1-2H3. The minimum atomic E-state index is -0.703. The summed E-state index contributed by atoms with van der Waals surface area (Å²) in [6, 6.07) is 7.31. The van der Waals surface area contributed by atoms with Crippen molar-refractivity contribution in [1.29, 1.82) is 0 Å². The number of fused-ring (bicyclic) bond motifs is 1. The summed E-state index contributed by atoms with van der Waals surface area (Å²) >= 11 is 20.4. The fourth-order valence-electron chi connectivity index (χ4n) is 4.08. The highest BCUT2D eigenvalue weighted by Crippen LogP contribution is 2.41. The van der Waals surface area contributed by atoms with Gasteiger partial charge in [-0.2, -0.15) is 0 Å². The molecule has 0 saturated heterocycles. The summed E-state index contributed by atoms with van der Waals surface area (Å²) < 4.78 is 0. The summed E-state index contributed by atoms with van der Waals surface area (Å²) in [7, 11) is 0. The van der Waals surface area contributed by atoms with Crippen LogP contribution in [0.4, 0.5) is 0 Å². The molecule has 1 aromatic carbocycles. The Hall–Kier alpha value is -1.27. The van der Waals surface area contributed by atoms with Gasteiger partial charge in [0, 0.05) is 33.4 Å². The van der Waals surface area contributed by atoms with Gasteiger partial charge in [-0.25, -0.2) is 0 Å². The normalized spacial score (nSPS) is 18.6. The molecule has 1 aliphatic carbocycles. The molecule has 4 nitrogen and oxygen atoms in total. The highest BCUT2D eigenvalue weighted by atomic mass is 35.5. The van der Waals surface area contributed by atoms with Crippen LogP contribution in [0.25, 0.3) is 0 Å². The molecule has 2 aromatic rings. The maximum absolute atomic E-state index is 13.6. The van der Waals surface area contributed by atoms with Gasteiger partial charge in [-0.05, 0) is 67.8 Å². The van der Waals surface area contributed by atoms with E-state index in [0.717, 1.165) is 30.4 Å². The topological polar surface area (TPSA) is 40.6 Å². The molecule has 2 heterocycles. The average molecular weight is 500 g/mol. The first kappa shape index (κ1) is 22.9. The van der Waals surface area contributed by atoms with Gasteiger partial charge in [0.2, 0.25) is 11.8 Å². The van der Waals surface area contributed by atoms with Crippen LogP contribution in [0.2, 0.25) is 10.0 Å². The molecule has 1 fully saturated rings. The minimum absolute atomic E-state index is 0.0605. The molecule has 0 radical (unpaired) electrons. The third kappa shape index (κ3) is 4.61. The summed E-state index contributed by atoms with van der Waals surface area (Å²) in [5.74, 6) is 0.0833. The van der Waals surface area contributed by atoms with Crippen molar-refractivity contribution in [2.24, 2.45) is 5.41 Å². The lowest BCUT2D eigenvalue weighted by Crippen LogP contribution is -2.50. The Labute approximate surface area is 202 Å². The first-order chi connectivity index (χ1) is 14.7. The van der Waals surface area contributed by atoms with Gasteiger partial charge in [-0.3, -0.25) is 9.59 Å². The van der Waals surface area contributed by atoms with E-state index in [1.165, 1.54) is 4.88 Å². The fraction of sp³-hybridized carbons (Fsp3) is 0.478. The zero-order chi connectivity index (χ0) is 22.3. The first-order valence-electron chi connectivity index (χ1n) is 10.4. The Bertz CT molecular complexity index is 1000. The summed E-state index contributed by atoms with van der Waals surface area (Å²) in [5.41, 5.74) is 1.24. The number of nitrogens with zero attached hydrogens (tertiary/aromatic N) is 2. The Morgan fingerprint density at radius 1 is 1.19 bits per heavy atom. The molecule has 0 N–H and O–H groups in total. The predicted octanol–water partition coefficient (Wildman–Crippen LogP) is 5.79. The van der Waals surface area contributed by atoms with Gasteiger partial charge in [-0.15, -0.1) is 22.9 Å². The number of carbonyl (C=O) groups is 2. The number of hydrogen-bond acceptors (Lipinski definition) is 3. The second-order valence-corrected chi connectivity index (χ2v) is 11.0. The monoisotopic (exact) mass is 498 g/mol. The molecule has 1 saturated carbocycles. The molecule has 1 aromatic heterocycles. The third-order valence-corrected chi connectivity index (χ3v) is 8.24. The summed E-state index contributed by atoms with van der Waals surface area (Å²) in [4.78, 5) is 31.6. The molecule has 1 aliphatic heterocycles. The summed E-state index contributed by atoms with van der Waals surface area (Å²) in [5, 5.41) is 3.15. The zero-order valence-corrected chi connectivity index (χ0v) is 20.6. The zero-order valence-electron chi connectivity index (χ0n) is 17.5. The van der Waals surface area contributed by atoms with Crippen molar-refractivity contribution in [3.8, 4) is 0 Å². The lowest BCUT2D eigenvalue weighted by molar-refractivity contribution is -0.146. The van der Waals surface area contributed by atoms with Crippen molar-refractivity contribution >= 4 is 58.0 Å². The van der Waals surface area contributed by atoms with Gasteiger partial charge in [-0.1, -0.05) is 29.3 Å². The molecule has 4 rings (SSSR count). The molecule has 0 spiro atoms. The van der Waals surface area contributed by atoms with Crippen LogP contribution >= 0.6 is 46.1 Å². The molecule has 1 atom stereocenters. The van der Waals surface area contributed by atoms with E-state index < -0.39 is 5.41 Å². The number of amides is 2. The molecule has 31 heavy (non-hydrogen) atoms. The maximum Gasteiger partial charge on any atom is 0.243 e. The van der Waals surface area contributed by atoms with Crippen molar-refractivity contribution in [3.63, 3.8) is 0 Å². The minimum Gasteiger partial charge on any atom is -0.330 e. The fourth-order valence-corrected chi connectivity index (χ4v) is 5.61. The smallest absolute Gasteiger partial charge is 0.243 e. The maximum atomic E-state index is 13.6. The van der Waals surface area contributed by atoms with Gasteiger partial charge in [0.15, 0.2) is 0 Å². The van der Waals surface area contributed by atoms with Crippen LogP contribution in [0.3, 0.4) is 0 Å². The molecule has 2 aliphatic rings. The quantitative estimate of drug-likeness (QED) is 0.472. The summed E-state index contributed by atoms with van der Waals surface area (Å²) in [6.45, 7) is 4.31. The van der Waals surface area contributed by atoms with E-state index in [4.69, 9.17) is 34.8 Å². The van der Waals surface area contributed by atoms with E-state index in [1.807, 2.05) is 24.8 Å². The molecule has 1 unspecified atom stereocenters. The van der Waals surface area contributed by atoms with Crippen LogP contribution in [-0.2, 0) is 16.0 Å². The Balaban J connectivity index is 1.65. The van der Waals surface area contributed by atoms with E-state index in [1.54, 1.807) is 28.4 Å². The number of alkyl halides is 1. The Morgan fingerprint density at radius 3 is 2.58 bits per heavy atom. The van der Waals surface area contributed by atoms with Crippen LogP contribution < -0.4 is 0 Å². The summed E-state index contributed by atoms with van der Waals surface area (Å²) in [6.07, 6.45) is 2.65. The average Bonchev–Trinajstić information content (AvgIpc) is 3.47. The van der Waals surface area contributed by atoms with E-state index in [-0.39, 0.29) is 36.3 Å². The molecule has 0 bridgehead atoms. The van der Waals surface area contributed by atoms with Gasteiger partial charge < -0.3 is 9.80 Å². The van der Waals surface area contributed by atoms with Crippen molar-refractivity contribution in [2.75, 3.05) is 19.0 Å². The molecular formula is C23H25Cl3N2O2S. The van der Waals surface area contributed by atoms with Gasteiger partial charge in [0.05, 0.1) is 11.5 Å². The van der Waals surface area contributed by atoms with E-state index in [9.17, 15) is 9.59 Å². The van der Waals surface area contributed by atoms with Gasteiger partial charge >= 0.3 is 0 Å². The predicted molar refractivity (Wildman–Crippen MR) is 127 cm³/mol. The SMILES string of the molecule is CC(C)(CCl)C(=O)N(CC(=O)N1CCc2sccc2C1c1ccc(Cl)cc1Cl)C1CC1. The molecular weight excluding hydrogens is 475 g/mol. The third-order valence-electron chi connectivity index (χ3n) is 6.01. The van der Waals surface area contributed by atoms with Crippen LogP contribution in [0.5, 0.6) is 0 Å². The highest BCUT2D eigenvalue weighted by Gasteiger charge is 2.42. The van der Waals surface area contributed by atoms with Gasteiger partial charge in [0.1, 0.15) is 6.54 Å². The second-order valence-electron chi connectivity index (χ2n) is 8.89. The lowest BCUT2D eigenvalue weighted by atomic mass is 9.92. The van der Waals surface area contributed by atoms with E-state index >= 15 is 0 Å². The van der Waals surface area contributed by atoms with Crippen LogP contribution in [0, 0.1) is 5.41 Å². The van der Waals surface area contributed by atoms with E-state index in [2.05, 4.69) is 11.4 Å². The van der Waals surface area contributed by atoms with Crippen molar-refractivity contribution in [2.45, 2.75) is 45.2 Å². The van der Waals surface area contributed by atoms with Crippen LogP contribution in [0.1, 0.15) is 48.7 Å². The lowest BCUT2D eigenvalue weighted by Gasteiger charge is -2.39. The first-order valence-corrected chi connectivity index (χ1v) is 12.6. The Kier molecular flexibility index (Phi) is 6.60. The van der Waals surface area contributed by atoms with Crippen LogP contribution in [-0.4, -0.2) is 46.6 Å².